The molecule has 0 aliphatic carbocycles. The lowest BCUT2D eigenvalue weighted by molar-refractivity contribution is -0.128. The van der Waals surface area contributed by atoms with Gasteiger partial charge in [-0.05, 0) is 38.5 Å². The van der Waals surface area contributed by atoms with Crippen molar-refractivity contribution in [3.8, 4) is 22.8 Å². The number of ether oxygens (including phenoxy) is 1. The van der Waals surface area contributed by atoms with Crippen LogP contribution in [0.5, 0.6) is 11.5 Å². The summed E-state index contributed by atoms with van der Waals surface area (Å²) in [7, 11) is 0. The number of anilines is 1. The highest BCUT2D eigenvalue weighted by Crippen LogP contribution is 2.48. The predicted octanol–water partition coefficient (Wildman–Crippen LogP) is 3.08. The van der Waals surface area contributed by atoms with Crippen LogP contribution in [0.1, 0.15) is 30.6 Å². The molecular weight excluding hydrogens is 515 g/mol. The van der Waals surface area contributed by atoms with Gasteiger partial charge in [-0.1, -0.05) is 24.2 Å². The maximum absolute atomic E-state index is 15.0. The number of aromatic nitrogens is 1. The summed E-state index contributed by atoms with van der Waals surface area (Å²) in [6, 6.07) is 3.45. The number of carbonyl (C=O) groups excluding carboxylic acids is 2. The zero-order valence-corrected chi connectivity index (χ0v) is 22.0. The van der Waals surface area contributed by atoms with E-state index in [4.69, 9.17) is 21.3 Å². The van der Waals surface area contributed by atoms with Crippen LogP contribution in [0, 0.1) is 11.7 Å². The zero-order valence-electron chi connectivity index (χ0n) is 21.3. The number of aliphatic hydroxyl groups is 1. The van der Waals surface area contributed by atoms with Gasteiger partial charge in [0.05, 0.1) is 11.6 Å². The molecule has 0 radical (unpaired) electrons. The van der Waals surface area contributed by atoms with Crippen molar-refractivity contribution < 1.29 is 28.9 Å². The highest BCUT2D eigenvalue weighted by molar-refractivity contribution is 6.35. The van der Waals surface area contributed by atoms with Crippen LogP contribution in [0.2, 0.25) is 5.02 Å². The number of benzene rings is 1. The molecule has 4 heterocycles. The van der Waals surface area contributed by atoms with E-state index in [1.165, 1.54) is 24.3 Å². The van der Waals surface area contributed by atoms with Gasteiger partial charge in [0.25, 0.3) is 5.91 Å². The van der Waals surface area contributed by atoms with E-state index >= 15 is 4.39 Å². The number of nitrogens with zero attached hydrogens (tertiary/aromatic N) is 4. The number of rotatable bonds is 4. The first-order valence-electron chi connectivity index (χ1n) is 12.5. The molecule has 2 aromatic rings. The van der Waals surface area contributed by atoms with Crippen molar-refractivity contribution >= 4 is 29.2 Å². The number of phenols is 1. The fourth-order valence-corrected chi connectivity index (χ4v) is 6.05. The van der Waals surface area contributed by atoms with E-state index in [0.717, 1.165) is 0 Å². The van der Waals surface area contributed by atoms with E-state index in [1.807, 2.05) is 18.7 Å². The number of carbonyl (C=O) groups is 2. The van der Waals surface area contributed by atoms with Crippen LogP contribution in [0.25, 0.3) is 11.3 Å². The number of aliphatic hydroxyl groups excluding tert-OH is 1. The Kier molecular flexibility index (Phi) is 6.73. The second-order valence-corrected chi connectivity index (χ2v) is 10.9. The quantitative estimate of drug-likeness (QED) is 0.570. The van der Waals surface area contributed by atoms with E-state index in [-0.39, 0.29) is 83.2 Å². The van der Waals surface area contributed by atoms with Crippen molar-refractivity contribution in [3.63, 3.8) is 0 Å². The minimum Gasteiger partial charge on any atom is -0.507 e. The van der Waals surface area contributed by atoms with E-state index < -0.39 is 17.4 Å². The number of pyridine rings is 1. The topological polar surface area (TPSA) is 106 Å². The number of fused-ring (bicyclic) bond motifs is 2. The molecule has 0 saturated carbocycles. The first-order chi connectivity index (χ1) is 18.1. The van der Waals surface area contributed by atoms with Gasteiger partial charge in [0, 0.05) is 44.2 Å². The average molecular weight is 545 g/mol. The third kappa shape index (κ3) is 4.25. The molecule has 1 unspecified atom stereocenters. The predicted molar refractivity (Wildman–Crippen MR) is 140 cm³/mol. The van der Waals surface area contributed by atoms with Gasteiger partial charge in [-0.2, -0.15) is 0 Å². The largest absolute Gasteiger partial charge is 0.507 e. The summed E-state index contributed by atoms with van der Waals surface area (Å²) in [4.78, 5) is 36.3. The smallest absolute Gasteiger partial charge is 0.261 e. The molecule has 2 atom stereocenters. The maximum Gasteiger partial charge on any atom is 0.261 e. The second kappa shape index (κ2) is 9.74. The summed E-state index contributed by atoms with van der Waals surface area (Å²) >= 11 is 6.78. The van der Waals surface area contributed by atoms with Crippen LogP contribution in [0.15, 0.2) is 30.9 Å². The lowest BCUT2D eigenvalue weighted by Gasteiger charge is -2.40. The summed E-state index contributed by atoms with van der Waals surface area (Å²) in [6.07, 6.45) is 1.88. The van der Waals surface area contributed by atoms with Crippen LogP contribution in [-0.2, 0) is 4.79 Å². The van der Waals surface area contributed by atoms with Crippen molar-refractivity contribution in [3.05, 3.63) is 47.3 Å². The third-order valence-electron chi connectivity index (χ3n) is 7.64. The summed E-state index contributed by atoms with van der Waals surface area (Å²) in [6.45, 7) is 8.80. The Labute approximate surface area is 225 Å². The Morgan fingerprint density at radius 2 is 2.08 bits per heavy atom. The lowest BCUT2D eigenvalue weighted by atomic mass is 9.96. The monoisotopic (exact) mass is 544 g/mol. The van der Waals surface area contributed by atoms with Gasteiger partial charge in [-0.15, -0.1) is 0 Å². The fraction of sp³-hybridized carbons (Fsp3) is 0.444. The van der Waals surface area contributed by atoms with Crippen LogP contribution < -0.4 is 9.64 Å². The van der Waals surface area contributed by atoms with Crippen molar-refractivity contribution in [2.24, 2.45) is 5.92 Å². The van der Waals surface area contributed by atoms with Gasteiger partial charge in [-0.25, -0.2) is 9.37 Å². The summed E-state index contributed by atoms with van der Waals surface area (Å²) in [5.41, 5.74) is -0.599. The third-order valence-corrected chi connectivity index (χ3v) is 7.99. The molecule has 3 aliphatic rings. The highest BCUT2D eigenvalue weighted by Gasteiger charge is 2.45. The molecule has 1 aromatic carbocycles. The maximum atomic E-state index is 15.0. The van der Waals surface area contributed by atoms with E-state index in [0.29, 0.717) is 19.5 Å². The molecule has 3 aliphatic heterocycles. The fourth-order valence-electron chi connectivity index (χ4n) is 5.77. The molecule has 202 valence electrons. The molecule has 0 spiro atoms. The summed E-state index contributed by atoms with van der Waals surface area (Å²) < 4.78 is 21.2. The van der Waals surface area contributed by atoms with Gasteiger partial charge < -0.3 is 29.6 Å². The van der Waals surface area contributed by atoms with Crippen molar-refractivity contribution in [1.82, 2.24) is 14.8 Å². The Morgan fingerprint density at radius 1 is 1.32 bits per heavy atom. The van der Waals surface area contributed by atoms with Crippen molar-refractivity contribution in [2.75, 3.05) is 44.3 Å². The van der Waals surface area contributed by atoms with Crippen LogP contribution in [0.3, 0.4) is 0 Å². The van der Waals surface area contributed by atoms with Crippen LogP contribution in [0.4, 0.5) is 10.2 Å². The average Bonchev–Trinajstić information content (AvgIpc) is 3.12. The van der Waals surface area contributed by atoms with E-state index in [9.17, 15) is 19.8 Å². The Hall–Kier alpha value is -3.37. The standard InChI is InChI=1S/C27H30ClFN4O5/c1-4-19(36)31-8-9-32-16(12-31)14-38-24-21(26(32)37)25(33-11-15(13-34)10-27(33,2)3)30-23(22(24)28)20-17(29)6-5-7-18(20)35/h4-7,15-16,34-35H,1,8-14H2,2-3H3/t15-,16?/m0/s1. The van der Waals surface area contributed by atoms with Gasteiger partial charge in [0.1, 0.15) is 40.3 Å². The SMILES string of the molecule is C=CC(=O)N1CCN2C(=O)c3c(N4C[C@@H](CO)CC4(C)C)nc(-c4c(O)cccc4F)c(Cl)c3OCC2C1. The lowest BCUT2D eigenvalue weighted by Crippen LogP contribution is -2.57. The number of amides is 2. The Morgan fingerprint density at radius 3 is 2.74 bits per heavy atom. The number of phenolic OH excluding ortho intramolecular Hbond substituents is 1. The first-order valence-corrected chi connectivity index (χ1v) is 12.9. The molecule has 2 N–H and O–H groups in total. The first kappa shape index (κ1) is 26.2. The van der Waals surface area contributed by atoms with Crippen LogP contribution >= 0.6 is 11.6 Å². The summed E-state index contributed by atoms with van der Waals surface area (Å²) in [5.74, 6) is -1.43. The highest BCUT2D eigenvalue weighted by atomic mass is 35.5. The number of hydrogen-bond donors (Lipinski definition) is 2. The molecule has 0 bridgehead atoms. The molecular formula is C27H30ClFN4O5. The minimum atomic E-state index is -0.727. The van der Waals surface area contributed by atoms with Crippen molar-refractivity contribution in [2.45, 2.75) is 31.8 Å². The molecule has 2 amide bonds. The Bertz CT molecular complexity index is 1300. The van der Waals surface area contributed by atoms with Gasteiger partial charge in [0.2, 0.25) is 5.91 Å². The number of piperazine rings is 1. The van der Waals surface area contributed by atoms with E-state index in [1.54, 1.807) is 9.80 Å². The minimum absolute atomic E-state index is 0.0392. The van der Waals surface area contributed by atoms with Gasteiger partial charge in [0.15, 0.2) is 5.75 Å². The van der Waals surface area contributed by atoms with Crippen LogP contribution in [-0.4, -0.2) is 87.8 Å². The Balaban J connectivity index is 1.70. The zero-order chi connectivity index (χ0) is 27.4. The molecule has 38 heavy (non-hydrogen) atoms. The molecule has 1 aromatic heterocycles. The normalized spacial score (nSPS) is 22.4. The van der Waals surface area contributed by atoms with E-state index in [2.05, 4.69) is 6.58 Å². The second-order valence-electron chi connectivity index (χ2n) is 10.6. The number of halogens is 2. The molecule has 5 rings (SSSR count). The number of aromatic hydroxyl groups is 1. The molecule has 9 nitrogen and oxygen atoms in total. The molecule has 11 heteroatoms. The van der Waals surface area contributed by atoms with Gasteiger partial charge in [-0.3, -0.25) is 9.59 Å². The number of hydrogen-bond acceptors (Lipinski definition) is 7. The molecule has 2 fully saturated rings. The van der Waals surface area contributed by atoms with Crippen molar-refractivity contribution in [1.29, 1.82) is 0 Å². The molecule has 2 saturated heterocycles. The van der Waals surface area contributed by atoms with Gasteiger partial charge >= 0.3 is 0 Å². The summed E-state index contributed by atoms with van der Waals surface area (Å²) in [5, 5.41) is 20.4.